The van der Waals surface area contributed by atoms with E-state index in [9.17, 15) is 9.59 Å². The topological polar surface area (TPSA) is 67.9 Å². The fourth-order valence-corrected chi connectivity index (χ4v) is 2.64. The molecule has 0 bridgehead atoms. The summed E-state index contributed by atoms with van der Waals surface area (Å²) in [5, 5.41) is 2.83. The van der Waals surface area contributed by atoms with Crippen LogP contribution in [-0.2, 0) is 11.3 Å². The maximum Gasteiger partial charge on any atom is 0.253 e. The van der Waals surface area contributed by atoms with Crippen molar-refractivity contribution in [2.24, 2.45) is 0 Å². The van der Waals surface area contributed by atoms with Crippen LogP contribution < -0.4 is 14.8 Å². The minimum Gasteiger partial charge on any atom is -0.454 e. The van der Waals surface area contributed by atoms with Crippen LogP contribution >= 0.6 is 0 Å². The third-order valence-electron chi connectivity index (χ3n) is 4.59. The lowest BCUT2D eigenvalue weighted by Crippen LogP contribution is -2.32. The molecule has 28 heavy (non-hydrogen) atoms. The van der Waals surface area contributed by atoms with Crippen LogP contribution in [0.5, 0.6) is 11.5 Å². The Morgan fingerprint density at radius 3 is 2.54 bits per heavy atom. The molecule has 2 amide bonds. The predicted molar refractivity (Wildman–Crippen MR) is 107 cm³/mol. The Bertz CT molecular complexity index is 888. The van der Waals surface area contributed by atoms with E-state index in [0.29, 0.717) is 23.6 Å². The van der Waals surface area contributed by atoms with Gasteiger partial charge >= 0.3 is 0 Å². The van der Waals surface area contributed by atoms with Gasteiger partial charge in [-0.15, -0.1) is 0 Å². The van der Waals surface area contributed by atoms with Crippen molar-refractivity contribution < 1.29 is 19.1 Å². The van der Waals surface area contributed by atoms with E-state index >= 15 is 0 Å². The summed E-state index contributed by atoms with van der Waals surface area (Å²) >= 11 is 0. The minimum absolute atomic E-state index is 0.0164. The van der Waals surface area contributed by atoms with Crippen LogP contribution in [0.2, 0.25) is 0 Å². The Kier molecular flexibility index (Phi) is 5.99. The molecule has 2 aromatic rings. The molecule has 0 saturated carbocycles. The summed E-state index contributed by atoms with van der Waals surface area (Å²) in [6, 6.07) is 12.9. The predicted octanol–water partition coefficient (Wildman–Crippen LogP) is 3.23. The number of carbonyl (C=O) groups excluding carboxylic acids is 2. The second-order valence-corrected chi connectivity index (χ2v) is 6.87. The van der Waals surface area contributed by atoms with E-state index in [4.69, 9.17) is 9.47 Å². The van der Waals surface area contributed by atoms with Gasteiger partial charge in [0.25, 0.3) is 5.91 Å². The van der Waals surface area contributed by atoms with Gasteiger partial charge in [0.1, 0.15) is 0 Å². The fourth-order valence-electron chi connectivity index (χ4n) is 2.64. The summed E-state index contributed by atoms with van der Waals surface area (Å²) in [4.78, 5) is 26.0. The van der Waals surface area contributed by atoms with Crippen molar-refractivity contribution in [2.45, 2.75) is 26.4 Å². The molecule has 6 nitrogen and oxygen atoms in total. The van der Waals surface area contributed by atoms with Gasteiger partial charge in [0, 0.05) is 31.3 Å². The first kappa shape index (κ1) is 19.5. The number of rotatable bonds is 6. The van der Waals surface area contributed by atoms with Crippen LogP contribution in [0.3, 0.4) is 0 Å². The summed E-state index contributed by atoms with van der Waals surface area (Å²) < 4.78 is 10.6. The van der Waals surface area contributed by atoms with Gasteiger partial charge in [-0.1, -0.05) is 18.2 Å². The van der Waals surface area contributed by atoms with Gasteiger partial charge in [-0.05, 0) is 55.3 Å². The highest BCUT2D eigenvalue weighted by atomic mass is 16.7. The molecule has 2 aromatic carbocycles. The van der Waals surface area contributed by atoms with Crippen LogP contribution in [0.4, 0.5) is 0 Å². The lowest BCUT2D eigenvalue weighted by Gasteiger charge is -2.21. The molecule has 6 heteroatoms. The van der Waals surface area contributed by atoms with E-state index < -0.39 is 0 Å². The number of amides is 2. The van der Waals surface area contributed by atoms with E-state index in [1.54, 1.807) is 30.2 Å². The molecule has 3 rings (SSSR count). The van der Waals surface area contributed by atoms with E-state index in [2.05, 4.69) is 5.32 Å². The molecular formula is C22H24N2O4. The van der Waals surface area contributed by atoms with E-state index in [-0.39, 0.29) is 24.6 Å². The van der Waals surface area contributed by atoms with Crippen molar-refractivity contribution in [1.29, 1.82) is 0 Å². The Morgan fingerprint density at radius 1 is 1.11 bits per heavy atom. The van der Waals surface area contributed by atoms with Gasteiger partial charge in [-0.2, -0.15) is 0 Å². The first-order chi connectivity index (χ1) is 13.4. The van der Waals surface area contributed by atoms with Crippen molar-refractivity contribution in [3.8, 4) is 11.5 Å². The fraction of sp³-hybridized carbons (Fsp3) is 0.273. The third-order valence-corrected chi connectivity index (χ3v) is 4.59. The molecule has 0 unspecified atom stereocenters. The summed E-state index contributed by atoms with van der Waals surface area (Å²) in [5.41, 5.74) is 2.42. The van der Waals surface area contributed by atoms with Crippen LogP contribution in [-0.4, -0.2) is 36.6 Å². The smallest absolute Gasteiger partial charge is 0.253 e. The number of carbonyl (C=O) groups is 2. The van der Waals surface area contributed by atoms with Crippen molar-refractivity contribution >= 4 is 17.9 Å². The largest absolute Gasteiger partial charge is 0.454 e. The minimum atomic E-state index is -0.197. The zero-order chi connectivity index (χ0) is 20.1. The Morgan fingerprint density at radius 2 is 1.82 bits per heavy atom. The van der Waals surface area contributed by atoms with E-state index in [1.165, 1.54) is 6.08 Å². The van der Waals surface area contributed by atoms with E-state index in [0.717, 1.165) is 11.1 Å². The molecule has 1 aliphatic rings. The van der Waals surface area contributed by atoms with Gasteiger partial charge in [-0.25, -0.2) is 0 Å². The van der Waals surface area contributed by atoms with Crippen molar-refractivity contribution in [3.05, 3.63) is 65.2 Å². The van der Waals surface area contributed by atoms with Crippen molar-refractivity contribution in [1.82, 2.24) is 10.2 Å². The standard InChI is InChI=1S/C22H24N2O4/c1-15(2)24(3)22(26)18-8-4-17(5-9-18)13-23-21(25)11-7-16-6-10-19-20(12-16)28-14-27-19/h4-12,15H,13-14H2,1-3H3,(H,23,25)/b11-7+. The molecule has 146 valence electrons. The molecule has 0 spiro atoms. The Balaban J connectivity index is 1.52. The molecule has 0 atom stereocenters. The number of benzene rings is 2. The number of nitrogens with one attached hydrogen (secondary N) is 1. The maximum absolute atomic E-state index is 12.3. The molecular weight excluding hydrogens is 356 g/mol. The quantitative estimate of drug-likeness (QED) is 0.782. The Hall–Kier alpha value is -3.28. The van der Waals surface area contributed by atoms with Gasteiger partial charge < -0.3 is 19.7 Å². The van der Waals surface area contributed by atoms with Crippen molar-refractivity contribution in [2.75, 3.05) is 13.8 Å². The van der Waals surface area contributed by atoms with Crippen LogP contribution in [0.15, 0.2) is 48.5 Å². The zero-order valence-corrected chi connectivity index (χ0v) is 16.3. The monoisotopic (exact) mass is 380 g/mol. The average Bonchev–Trinajstić information content (AvgIpc) is 3.17. The van der Waals surface area contributed by atoms with Gasteiger partial charge in [0.15, 0.2) is 11.5 Å². The molecule has 1 N–H and O–H groups in total. The Labute approximate surface area is 164 Å². The highest BCUT2D eigenvalue weighted by Crippen LogP contribution is 2.32. The first-order valence-corrected chi connectivity index (χ1v) is 9.15. The molecule has 0 aliphatic carbocycles. The number of hydrogen-bond acceptors (Lipinski definition) is 4. The number of hydrogen-bond donors (Lipinski definition) is 1. The van der Waals surface area contributed by atoms with E-state index in [1.807, 2.05) is 44.2 Å². The number of fused-ring (bicyclic) bond motifs is 1. The molecule has 1 heterocycles. The summed E-state index contributed by atoms with van der Waals surface area (Å²) in [6.45, 7) is 4.55. The molecule has 0 saturated heterocycles. The van der Waals surface area contributed by atoms with Crippen molar-refractivity contribution in [3.63, 3.8) is 0 Å². The number of nitrogens with zero attached hydrogens (tertiary/aromatic N) is 1. The molecule has 0 aromatic heterocycles. The third kappa shape index (κ3) is 4.71. The summed E-state index contributed by atoms with van der Waals surface area (Å²) in [6.07, 6.45) is 3.20. The molecule has 1 aliphatic heterocycles. The lowest BCUT2D eigenvalue weighted by molar-refractivity contribution is -0.116. The van der Waals surface area contributed by atoms with Gasteiger partial charge in [0.2, 0.25) is 12.7 Å². The average molecular weight is 380 g/mol. The summed E-state index contributed by atoms with van der Waals surface area (Å²) in [5.74, 6) is 1.18. The highest BCUT2D eigenvalue weighted by molar-refractivity contribution is 5.94. The second kappa shape index (κ2) is 8.61. The van der Waals surface area contributed by atoms with Crippen LogP contribution in [0.25, 0.3) is 6.08 Å². The van der Waals surface area contributed by atoms with Crippen LogP contribution in [0.1, 0.15) is 35.3 Å². The summed E-state index contributed by atoms with van der Waals surface area (Å²) in [7, 11) is 1.79. The second-order valence-electron chi connectivity index (χ2n) is 6.87. The zero-order valence-electron chi connectivity index (χ0n) is 16.3. The van der Waals surface area contributed by atoms with Gasteiger partial charge in [-0.3, -0.25) is 9.59 Å². The number of ether oxygens (including phenoxy) is 2. The molecule has 0 fully saturated rings. The molecule has 0 radical (unpaired) electrons. The van der Waals surface area contributed by atoms with Gasteiger partial charge in [0.05, 0.1) is 0 Å². The SMILES string of the molecule is CC(C)N(C)C(=O)c1ccc(CNC(=O)/C=C/c2ccc3c(c2)OCO3)cc1. The lowest BCUT2D eigenvalue weighted by atomic mass is 10.1. The normalized spacial score (nSPS) is 12.4. The first-order valence-electron chi connectivity index (χ1n) is 9.15. The van der Waals surface area contributed by atoms with Crippen LogP contribution in [0, 0.1) is 0 Å². The maximum atomic E-state index is 12.3. The highest BCUT2D eigenvalue weighted by Gasteiger charge is 2.14.